The lowest BCUT2D eigenvalue weighted by molar-refractivity contribution is 0.353. The number of rotatable bonds is 5. The van der Waals surface area contributed by atoms with Crippen LogP contribution >= 0.6 is 31.9 Å². The standard InChI is InChI=1S/C14H15Br2NO3/c1-17-14(10-4-5-13(16)20-10)8-6-11(18-2)12(19-3)7-9(8)15/h4-7,14,17H,1-3H3. The van der Waals surface area contributed by atoms with Crippen molar-refractivity contribution < 1.29 is 13.9 Å². The van der Waals surface area contributed by atoms with E-state index in [0.717, 1.165) is 15.8 Å². The SMILES string of the molecule is CNC(c1ccc(Br)o1)c1cc(OC)c(OC)cc1Br. The van der Waals surface area contributed by atoms with Gasteiger partial charge in [0.1, 0.15) is 5.76 Å². The first-order chi connectivity index (χ1) is 9.60. The maximum atomic E-state index is 5.64. The highest BCUT2D eigenvalue weighted by atomic mass is 79.9. The third-order valence-electron chi connectivity index (χ3n) is 2.98. The van der Waals surface area contributed by atoms with E-state index in [2.05, 4.69) is 37.2 Å². The molecule has 1 heterocycles. The lowest BCUT2D eigenvalue weighted by Gasteiger charge is -2.18. The molecular formula is C14H15Br2NO3. The summed E-state index contributed by atoms with van der Waals surface area (Å²) in [6, 6.07) is 7.52. The third kappa shape index (κ3) is 3.02. The van der Waals surface area contributed by atoms with Gasteiger partial charge in [0.2, 0.25) is 0 Å². The van der Waals surface area contributed by atoms with Crippen molar-refractivity contribution in [2.75, 3.05) is 21.3 Å². The van der Waals surface area contributed by atoms with Crippen molar-refractivity contribution in [3.8, 4) is 11.5 Å². The molecular weight excluding hydrogens is 390 g/mol. The van der Waals surface area contributed by atoms with E-state index in [4.69, 9.17) is 13.9 Å². The van der Waals surface area contributed by atoms with Gasteiger partial charge in [-0.05, 0) is 52.8 Å². The van der Waals surface area contributed by atoms with Crippen LogP contribution in [0.1, 0.15) is 17.4 Å². The molecule has 108 valence electrons. The maximum Gasteiger partial charge on any atom is 0.169 e. The van der Waals surface area contributed by atoms with Gasteiger partial charge in [-0.25, -0.2) is 0 Å². The summed E-state index contributed by atoms with van der Waals surface area (Å²) < 4.78 is 17.9. The second-order valence-electron chi connectivity index (χ2n) is 4.09. The van der Waals surface area contributed by atoms with Crippen LogP contribution in [-0.2, 0) is 0 Å². The van der Waals surface area contributed by atoms with Gasteiger partial charge < -0.3 is 19.2 Å². The van der Waals surface area contributed by atoms with Gasteiger partial charge in [-0.15, -0.1) is 0 Å². The minimum Gasteiger partial charge on any atom is -0.493 e. The molecule has 2 aromatic rings. The molecule has 0 fully saturated rings. The second kappa shape index (κ2) is 6.65. The van der Waals surface area contributed by atoms with Crippen LogP contribution in [0.5, 0.6) is 11.5 Å². The Morgan fingerprint density at radius 1 is 1.10 bits per heavy atom. The zero-order valence-electron chi connectivity index (χ0n) is 11.4. The van der Waals surface area contributed by atoms with Gasteiger partial charge in [0, 0.05) is 4.47 Å². The summed E-state index contributed by atoms with van der Waals surface area (Å²) in [5.74, 6) is 2.17. The van der Waals surface area contributed by atoms with Gasteiger partial charge in [0.15, 0.2) is 16.2 Å². The van der Waals surface area contributed by atoms with Crippen molar-refractivity contribution in [2.45, 2.75) is 6.04 Å². The van der Waals surface area contributed by atoms with E-state index in [9.17, 15) is 0 Å². The molecule has 0 spiro atoms. The zero-order valence-corrected chi connectivity index (χ0v) is 14.5. The number of furan rings is 1. The van der Waals surface area contributed by atoms with Gasteiger partial charge in [-0.2, -0.15) is 0 Å². The predicted octanol–water partition coefficient (Wildman–Crippen LogP) is 4.13. The quantitative estimate of drug-likeness (QED) is 0.813. The molecule has 0 aliphatic carbocycles. The van der Waals surface area contributed by atoms with Crippen molar-refractivity contribution in [1.82, 2.24) is 5.32 Å². The minimum absolute atomic E-state index is 0.0875. The van der Waals surface area contributed by atoms with E-state index in [-0.39, 0.29) is 6.04 Å². The number of hydrogen-bond donors (Lipinski definition) is 1. The van der Waals surface area contributed by atoms with Crippen LogP contribution in [0, 0.1) is 0 Å². The summed E-state index contributed by atoms with van der Waals surface area (Å²) in [7, 11) is 5.11. The number of ether oxygens (including phenoxy) is 2. The number of nitrogens with one attached hydrogen (secondary N) is 1. The van der Waals surface area contributed by atoms with Gasteiger partial charge in [-0.1, -0.05) is 15.9 Å². The molecule has 0 saturated carbocycles. The van der Waals surface area contributed by atoms with E-state index in [0.29, 0.717) is 16.2 Å². The minimum atomic E-state index is -0.0875. The van der Waals surface area contributed by atoms with Crippen molar-refractivity contribution in [2.24, 2.45) is 0 Å². The molecule has 0 amide bonds. The largest absolute Gasteiger partial charge is 0.493 e. The van der Waals surface area contributed by atoms with Crippen molar-refractivity contribution in [1.29, 1.82) is 0 Å². The van der Waals surface area contributed by atoms with E-state index >= 15 is 0 Å². The van der Waals surface area contributed by atoms with Crippen molar-refractivity contribution in [3.63, 3.8) is 0 Å². The second-order valence-corrected chi connectivity index (χ2v) is 5.73. The molecule has 1 aromatic heterocycles. The maximum absolute atomic E-state index is 5.64. The van der Waals surface area contributed by atoms with Crippen LogP contribution in [0.15, 0.2) is 37.8 Å². The molecule has 20 heavy (non-hydrogen) atoms. The Kier molecular flexibility index (Phi) is 5.12. The Balaban J connectivity index is 2.49. The van der Waals surface area contributed by atoms with Crippen LogP contribution in [0.2, 0.25) is 0 Å². The van der Waals surface area contributed by atoms with Gasteiger partial charge >= 0.3 is 0 Å². The first-order valence-electron chi connectivity index (χ1n) is 5.94. The molecule has 0 aliphatic heterocycles. The van der Waals surface area contributed by atoms with Gasteiger partial charge in [0.05, 0.1) is 20.3 Å². The smallest absolute Gasteiger partial charge is 0.169 e. The molecule has 1 atom stereocenters. The Morgan fingerprint density at radius 2 is 1.75 bits per heavy atom. The lowest BCUT2D eigenvalue weighted by Crippen LogP contribution is -2.17. The van der Waals surface area contributed by atoms with Crippen molar-refractivity contribution in [3.05, 3.63) is 44.7 Å². The average molecular weight is 405 g/mol. The van der Waals surface area contributed by atoms with Gasteiger partial charge in [0.25, 0.3) is 0 Å². The fourth-order valence-corrected chi connectivity index (χ4v) is 2.90. The Morgan fingerprint density at radius 3 is 2.25 bits per heavy atom. The summed E-state index contributed by atoms with van der Waals surface area (Å²) in [5.41, 5.74) is 1.01. The van der Waals surface area contributed by atoms with Crippen LogP contribution in [-0.4, -0.2) is 21.3 Å². The average Bonchev–Trinajstić information content (AvgIpc) is 2.87. The van der Waals surface area contributed by atoms with Crippen molar-refractivity contribution >= 4 is 31.9 Å². The summed E-state index contributed by atoms with van der Waals surface area (Å²) >= 11 is 6.89. The third-order valence-corrected chi connectivity index (χ3v) is 4.09. The predicted molar refractivity (Wildman–Crippen MR) is 84.6 cm³/mol. The number of benzene rings is 1. The molecule has 1 N–H and O–H groups in total. The molecule has 0 aliphatic rings. The molecule has 4 nitrogen and oxygen atoms in total. The first kappa shape index (κ1) is 15.4. The molecule has 1 unspecified atom stereocenters. The van der Waals surface area contributed by atoms with Crippen LogP contribution < -0.4 is 14.8 Å². The Labute approximate surface area is 134 Å². The highest BCUT2D eigenvalue weighted by molar-refractivity contribution is 9.10. The normalized spacial score (nSPS) is 12.2. The van der Waals surface area contributed by atoms with E-state index in [1.165, 1.54) is 0 Å². The molecule has 6 heteroatoms. The summed E-state index contributed by atoms with van der Waals surface area (Å²) in [6.07, 6.45) is 0. The highest BCUT2D eigenvalue weighted by Gasteiger charge is 2.21. The number of hydrogen-bond acceptors (Lipinski definition) is 4. The fraction of sp³-hybridized carbons (Fsp3) is 0.286. The topological polar surface area (TPSA) is 43.6 Å². The molecule has 0 radical (unpaired) electrons. The number of methoxy groups -OCH3 is 2. The van der Waals surface area contributed by atoms with E-state index in [1.54, 1.807) is 14.2 Å². The Hall–Kier alpha value is -0.980. The molecule has 0 saturated heterocycles. The summed E-state index contributed by atoms with van der Waals surface area (Å²) in [5, 5.41) is 3.24. The van der Waals surface area contributed by atoms with E-state index < -0.39 is 0 Å². The van der Waals surface area contributed by atoms with E-state index in [1.807, 2.05) is 31.3 Å². The van der Waals surface area contributed by atoms with Crippen LogP contribution in [0.3, 0.4) is 0 Å². The Bertz CT molecular complexity index is 598. The summed E-state index contributed by atoms with van der Waals surface area (Å²) in [6.45, 7) is 0. The zero-order chi connectivity index (χ0) is 14.7. The highest BCUT2D eigenvalue weighted by Crippen LogP contribution is 2.38. The monoisotopic (exact) mass is 403 g/mol. The van der Waals surface area contributed by atoms with Crippen LogP contribution in [0.25, 0.3) is 0 Å². The molecule has 1 aromatic carbocycles. The van der Waals surface area contributed by atoms with Crippen LogP contribution in [0.4, 0.5) is 0 Å². The van der Waals surface area contributed by atoms with Gasteiger partial charge in [-0.3, -0.25) is 0 Å². The first-order valence-corrected chi connectivity index (χ1v) is 7.53. The fourth-order valence-electron chi connectivity index (χ4n) is 2.03. The molecule has 0 bridgehead atoms. The lowest BCUT2D eigenvalue weighted by atomic mass is 10.0. The molecule has 2 rings (SSSR count). The number of halogens is 2. The summed E-state index contributed by atoms with van der Waals surface area (Å²) in [4.78, 5) is 0.